The van der Waals surface area contributed by atoms with Crippen LogP contribution in [0.15, 0.2) is 48.0 Å². The van der Waals surface area contributed by atoms with Crippen LogP contribution in [0.5, 0.6) is 5.75 Å². The van der Waals surface area contributed by atoms with Gasteiger partial charge in [-0.3, -0.25) is 4.84 Å². The van der Waals surface area contributed by atoms with Crippen LogP contribution in [0.2, 0.25) is 0 Å². The summed E-state index contributed by atoms with van der Waals surface area (Å²) in [5.74, 6) is 0.593. The second-order valence-corrected chi connectivity index (χ2v) is 9.64. The molecule has 0 aliphatic heterocycles. The van der Waals surface area contributed by atoms with Gasteiger partial charge in [-0.1, -0.05) is 41.2 Å². The van der Waals surface area contributed by atoms with Crippen molar-refractivity contribution in [3.05, 3.63) is 64.7 Å². The number of benzene rings is 2. The van der Waals surface area contributed by atoms with E-state index in [-0.39, 0.29) is 12.1 Å². The first-order chi connectivity index (χ1) is 16.1. The highest BCUT2D eigenvalue weighted by Gasteiger charge is 2.26. The van der Waals surface area contributed by atoms with E-state index in [0.717, 1.165) is 34.0 Å². The molecule has 0 radical (unpaired) electrons. The minimum absolute atomic E-state index is 0.00944. The summed E-state index contributed by atoms with van der Waals surface area (Å²) in [6.45, 7) is 4.51. The van der Waals surface area contributed by atoms with Crippen LogP contribution in [0.3, 0.4) is 0 Å². The van der Waals surface area contributed by atoms with Crippen molar-refractivity contribution in [2.75, 3.05) is 6.61 Å². The largest absolute Gasteiger partial charge is 0.490 e. The first kappa shape index (κ1) is 21.8. The molecule has 0 spiro atoms. The summed E-state index contributed by atoms with van der Waals surface area (Å²) in [7, 11) is 0. The van der Waals surface area contributed by atoms with E-state index in [4.69, 9.17) is 9.57 Å². The van der Waals surface area contributed by atoms with Crippen molar-refractivity contribution in [2.24, 2.45) is 0 Å². The molecule has 168 valence electrons. The summed E-state index contributed by atoms with van der Waals surface area (Å²) in [6, 6.07) is 14.4. The van der Waals surface area contributed by atoms with E-state index in [2.05, 4.69) is 46.0 Å². The molecule has 3 aromatic rings. The topological polar surface area (TPSA) is 80.1 Å². The molecule has 0 bridgehead atoms. The van der Waals surface area contributed by atoms with Gasteiger partial charge in [-0.15, -0.1) is 10.2 Å². The van der Waals surface area contributed by atoms with Crippen molar-refractivity contribution in [3.63, 3.8) is 0 Å². The number of ether oxygens (including phenoxy) is 1. The fraction of sp³-hybridized carbons (Fsp3) is 0.346. The van der Waals surface area contributed by atoms with Gasteiger partial charge in [0, 0.05) is 11.1 Å². The molecule has 2 aromatic carbocycles. The summed E-state index contributed by atoms with van der Waals surface area (Å²) in [5, 5.41) is 20.1. The van der Waals surface area contributed by atoms with Crippen LogP contribution < -0.4 is 10.2 Å². The number of nitrogens with one attached hydrogen (secondary N) is 1. The highest BCUT2D eigenvalue weighted by atomic mass is 32.1. The van der Waals surface area contributed by atoms with Gasteiger partial charge >= 0.3 is 0 Å². The third-order valence-corrected chi connectivity index (χ3v) is 6.86. The standard InChI is InChI=1S/C26H26N4O2S/c1-16(2)32-24-11-8-18(14-19(24)15-27)25-28-29-26(33-25)22-5-3-4-21-20(22)9-10-23(21)30-31-13-12-17-6-7-17/h3-5,8,11-12,14,16,23,30H,6-7,9-10,13H2,1-2H3. The van der Waals surface area contributed by atoms with E-state index in [1.807, 2.05) is 32.0 Å². The second-order valence-electron chi connectivity index (χ2n) is 8.66. The van der Waals surface area contributed by atoms with E-state index in [0.29, 0.717) is 17.9 Å². The van der Waals surface area contributed by atoms with Crippen LogP contribution in [-0.2, 0) is 11.3 Å². The zero-order valence-corrected chi connectivity index (χ0v) is 19.6. The summed E-state index contributed by atoms with van der Waals surface area (Å²) < 4.78 is 5.74. The number of nitriles is 1. The van der Waals surface area contributed by atoms with Gasteiger partial charge in [0.25, 0.3) is 0 Å². The summed E-state index contributed by atoms with van der Waals surface area (Å²) >= 11 is 1.55. The third kappa shape index (κ3) is 4.83. The van der Waals surface area contributed by atoms with Crippen LogP contribution in [0.1, 0.15) is 55.8 Å². The molecule has 0 amide bonds. The van der Waals surface area contributed by atoms with E-state index >= 15 is 0 Å². The van der Waals surface area contributed by atoms with Crippen molar-refractivity contribution in [3.8, 4) is 33.0 Å². The number of hydrogen-bond donors (Lipinski definition) is 1. The number of aromatic nitrogens is 2. The molecule has 1 saturated carbocycles. The Morgan fingerprint density at radius 3 is 2.82 bits per heavy atom. The van der Waals surface area contributed by atoms with Crippen LogP contribution in [-0.4, -0.2) is 22.9 Å². The zero-order valence-electron chi connectivity index (χ0n) is 18.8. The highest BCUT2D eigenvalue weighted by molar-refractivity contribution is 7.17. The summed E-state index contributed by atoms with van der Waals surface area (Å²) in [6.07, 6.45) is 6.59. The number of hydrogen-bond acceptors (Lipinski definition) is 7. The summed E-state index contributed by atoms with van der Waals surface area (Å²) in [4.78, 5) is 5.70. The average Bonchev–Trinajstić information content (AvgIpc) is 3.35. The number of hydroxylamine groups is 1. The molecule has 1 unspecified atom stereocenters. The lowest BCUT2D eigenvalue weighted by atomic mass is 10.0. The van der Waals surface area contributed by atoms with Crippen molar-refractivity contribution < 1.29 is 9.57 Å². The first-order valence-corrected chi connectivity index (χ1v) is 12.2. The zero-order chi connectivity index (χ0) is 22.8. The van der Waals surface area contributed by atoms with Gasteiger partial charge in [-0.2, -0.15) is 10.7 Å². The molecule has 5 rings (SSSR count). The van der Waals surface area contributed by atoms with Crippen LogP contribution >= 0.6 is 11.3 Å². The lowest BCUT2D eigenvalue weighted by molar-refractivity contribution is 0.0346. The monoisotopic (exact) mass is 458 g/mol. The maximum Gasteiger partial charge on any atom is 0.148 e. The molecule has 6 nitrogen and oxygen atoms in total. The number of nitrogens with zero attached hydrogens (tertiary/aromatic N) is 3. The minimum atomic E-state index is 0.00944. The molecular weight excluding hydrogens is 432 g/mol. The van der Waals surface area contributed by atoms with Crippen LogP contribution in [0, 0.1) is 11.3 Å². The molecular formula is C26H26N4O2S. The maximum absolute atomic E-state index is 9.54. The van der Waals surface area contributed by atoms with Crippen molar-refractivity contribution in [2.45, 2.75) is 51.7 Å². The fourth-order valence-corrected chi connectivity index (χ4v) is 5.01. The van der Waals surface area contributed by atoms with Gasteiger partial charge in [0.2, 0.25) is 0 Å². The van der Waals surface area contributed by atoms with Crippen molar-refractivity contribution in [1.82, 2.24) is 15.7 Å². The molecule has 2 aliphatic carbocycles. The Kier molecular flexibility index (Phi) is 6.23. The Morgan fingerprint density at radius 2 is 2.03 bits per heavy atom. The molecule has 1 atom stereocenters. The Balaban J connectivity index is 1.35. The predicted molar refractivity (Wildman–Crippen MR) is 129 cm³/mol. The normalized spacial score (nSPS) is 16.5. The molecule has 1 aromatic heterocycles. The minimum Gasteiger partial charge on any atom is -0.490 e. The first-order valence-electron chi connectivity index (χ1n) is 11.3. The smallest absolute Gasteiger partial charge is 0.148 e. The Hall–Kier alpha value is -3.05. The molecule has 1 heterocycles. The fourth-order valence-electron chi connectivity index (χ4n) is 4.12. The van der Waals surface area contributed by atoms with Crippen LogP contribution in [0.4, 0.5) is 0 Å². The molecule has 33 heavy (non-hydrogen) atoms. The van der Waals surface area contributed by atoms with Gasteiger partial charge < -0.3 is 4.74 Å². The molecule has 7 heteroatoms. The third-order valence-electron chi connectivity index (χ3n) is 5.86. The van der Waals surface area contributed by atoms with E-state index in [1.165, 1.54) is 29.5 Å². The number of allylic oxidation sites excluding steroid dienone is 1. The molecule has 2 aliphatic rings. The Labute approximate surface area is 197 Å². The SMILES string of the molecule is CC(C)Oc1ccc(-c2nnc(-c3cccc4c3CCC4NOCC=C3CC3)s2)cc1C#N. The maximum atomic E-state index is 9.54. The highest BCUT2D eigenvalue weighted by Crippen LogP contribution is 2.40. The average molecular weight is 459 g/mol. The molecule has 0 saturated heterocycles. The number of rotatable bonds is 8. The lowest BCUT2D eigenvalue weighted by Crippen LogP contribution is -2.19. The predicted octanol–water partition coefficient (Wildman–Crippen LogP) is 5.76. The van der Waals surface area contributed by atoms with E-state index in [1.54, 1.807) is 11.3 Å². The quantitative estimate of drug-likeness (QED) is 0.263. The van der Waals surface area contributed by atoms with Crippen molar-refractivity contribution in [1.29, 1.82) is 5.26 Å². The van der Waals surface area contributed by atoms with Crippen molar-refractivity contribution >= 4 is 11.3 Å². The van der Waals surface area contributed by atoms with Gasteiger partial charge in [0.1, 0.15) is 21.8 Å². The van der Waals surface area contributed by atoms with E-state index < -0.39 is 0 Å². The summed E-state index contributed by atoms with van der Waals surface area (Å²) in [5.41, 5.74) is 9.81. The molecule has 1 fully saturated rings. The Bertz CT molecular complexity index is 1240. The number of fused-ring (bicyclic) bond motifs is 1. The van der Waals surface area contributed by atoms with Crippen LogP contribution in [0.25, 0.3) is 21.1 Å². The van der Waals surface area contributed by atoms with Gasteiger partial charge in [-0.05, 0) is 68.9 Å². The lowest BCUT2D eigenvalue weighted by Gasteiger charge is -2.13. The second kappa shape index (κ2) is 9.44. The van der Waals surface area contributed by atoms with E-state index in [9.17, 15) is 5.26 Å². The van der Waals surface area contributed by atoms with Gasteiger partial charge in [0.15, 0.2) is 0 Å². The van der Waals surface area contributed by atoms with Gasteiger partial charge in [0.05, 0.1) is 24.3 Å². The molecule has 1 N–H and O–H groups in total. The van der Waals surface area contributed by atoms with Gasteiger partial charge in [-0.25, -0.2) is 0 Å². The Morgan fingerprint density at radius 1 is 1.18 bits per heavy atom.